The topological polar surface area (TPSA) is 53.4 Å². The number of benzene rings is 1. The molecule has 5 heteroatoms. The van der Waals surface area contributed by atoms with Crippen LogP contribution in [0.2, 0.25) is 0 Å². The van der Waals surface area contributed by atoms with E-state index in [4.69, 9.17) is 9.47 Å². The molecule has 2 aromatic heterocycles. The lowest BCUT2D eigenvalue weighted by molar-refractivity contribution is 0.219. The minimum Gasteiger partial charge on any atom is -0.497 e. The number of hydrogen-bond donors (Lipinski definition) is 0. The normalized spacial score (nSPS) is 15.7. The third-order valence-electron chi connectivity index (χ3n) is 4.89. The highest BCUT2D eigenvalue weighted by molar-refractivity contribution is 5.85. The van der Waals surface area contributed by atoms with Crippen LogP contribution in [-0.4, -0.2) is 22.8 Å². The van der Waals surface area contributed by atoms with Gasteiger partial charge in [0.05, 0.1) is 23.7 Å². The van der Waals surface area contributed by atoms with Gasteiger partial charge in [-0.1, -0.05) is 25.8 Å². The molecule has 0 amide bonds. The molecule has 0 radical (unpaired) electrons. The fourth-order valence-corrected chi connectivity index (χ4v) is 3.58. The second-order valence-corrected chi connectivity index (χ2v) is 6.61. The Balaban J connectivity index is 1.92. The van der Waals surface area contributed by atoms with Gasteiger partial charge in [-0.05, 0) is 30.7 Å². The van der Waals surface area contributed by atoms with Crippen LogP contribution < -0.4 is 15.0 Å². The predicted octanol–water partition coefficient (Wildman–Crippen LogP) is 3.89. The highest BCUT2D eigenvalue weighted by atomic mass is 16.5. The molecular weight excluding hydrogens is 328 g/mol. The monoisotopic (exact) mass is 350 g/mol. The van der Waals surface area contributed by atoms with Crippen molar-refractivity contribution in [1.82, 2.24) is 9.55 Å². The van der Waals surface area contributed by atoms with Crippen LogP contribution in [0, 0.1) is 0 Å². The Labute approximate surface area is 152 Å². The second-order valence-electron chi connectivity index (χ2n) is 6.61. The van der Waals surface area contributed by atoms with Crippen LogP contribution in [0.15, 0.2) is 47.4 Å². The predicted molar refractivity (Wildman–Crippen MR) is 102 cm³/mol. The summed E-state index contributed by atoms with van der Waals surface area (Å²) in [6, 6.07) is 11.3. The van der Waals surface area contributed by atoms with Crippen LogP contribution in [0.25, 0.3) is 16.7 Å². The van der Waals surface area contributed by atoms with Gasteiger partial charge in [-0.3, -0.25) is 9.36 Å². The first-order chi connectivity index (χ1) is 12.7. The molecule has 0 saturated heterocycles. The SMILES string of the molecule is CCCCC1Cc2c(c3cccnc3n(-c3cccc(OC)c3)c2=O)O1. The summed E-state index contributed by atoms with van der Waals surface area (Å²) in [5.41, 5.74) is 2.05. The summed E-state index contributed by atoms with van der Waals surface area (Å²) >= 11 is 0. The number of unbranched alkanes of at least 4 members (excludes halogenated alkanes) is 1. The van der Waals surface area contributed by atoms with Gasteiger partial charge >= 0.3 is 0 Å². The largest absolute Gasteiger partial charge is 0.497 e. The quantitative estimate of drug-likeness (QED) is 0.700. The first kappa shape index (κ1) is 16.6. The first-order valence-corrected chi connectivity index (χ1v) is 9.06. The molecule has 0 aliphatic carbocycles. The number of ether oxygens (including phenoxy) is 2. The van der Waals surface area contributed by atoms with Crippen LogP contribution in [0.4, 0.5) is 0 Å². The molecule has 4 rings (SSSR count). The number of rotatable bonds is 5. The van der Waals surface area contributed by atoms with Crippen molar-refractivity contribution >= 4 is 11.0 Å². The van der Waals surface area contributed by atoms with Gasteiger partial charge in [-0.15, -0.1) is 0 Å². The van der Waals surface area contributed by atoms with Crippen molar-refractivity contribution in [1.29, 1.82) is 0 Å². The molecule has 1 aromatic carbocycles. The number of methoxy groups -OCH3 is 1. The molecule has 134 valence electrons. The lowest BCUT2D eigenvalue weighted by Crippen LogP contribution is -2.23. The summed E-state index contributed by atoms with van der Waals surface area (Å²) < 4.78 is 13.2. The highest BCUT2D eigenvalue weighted by Crippen LogP contribution is 2.35. The fourth-order valence-electron chi connectivity index (χ4n) is 3.58. The summed E-state index contributed by atoms with van der Waals surface area (Å²) in [6.07, 6.45) is 5.61. The molecule has 0 spiro atoms. The van der Waals surface area contributed by atoms with Crippen LogP contribution in [0.3, 0.4) is 0 Å². The summed E-state index contributed by atoms with van der Waals surface area (Å²) in [5.74, 6) is 1.41. The first-order valence-electron chi connectivity index (χ1n) is 9.06. The van der Waals surface area contributed by atoms with E-state index in [2.05, 4.69) is 11.9 Å². The van der Waals surface area contributed by atoms with Crippen molar-refractivity contribution in [2.24, 2.45) is 0 Å². The van der Waals surface area contributed by atoms with E-state index in [0.717, 1.165) is 35.9 Å². The molecule has 1 atom stereocenters. The molecule has 0 bridgehead atoms. The summed E-state index contributed by atoms with van der Waals surface area (Å²) in [4.78, 5) is 17.8. The minimum atomic E-state index is -0.0570. The molecule has 5 nitrogen and oxygen atoms in total. The molecule has 26 heavy (non-hydrogen) atoms. The lowest BCUT2D eigenvalue weighted by Gasteiger charge is -2.13. The van der Waals surface area contributed by atoms with Gasteiger partial charge in [0.15, 0.2) is 5.65 Å². The number of nitrogens with zero attached hydrogens (tertiary/aromatic N) is 2. The zero-order chi connectivity index (χ0) is 18.1. The fraction of sp³-hybridized carbons (Fsp3) is 0.333. The van der Waals surface area contributed by atoms with Crippen molar-refractivity contribution in [3.8, 4) is 17.2 Å². The standard InChI is InChI=1S/C21H22N2O3/c1-3-4-8-16-13-18-19(26-16)17-10-6-11-22-20(17)23(21(18)24)14-7-5-9-15(12-14)25-2/h5-7,9-12,16H,3-4,8,13H2,1-2H3. The van der Waals surface area contributed by atoms with Crippen molar-refractivity contribution in [2.75, 3.05) is 7.11 Å². The van der Waals surface area contributed by atoms with Crippen LogP contribution in [-0.2, 0) is 6.42 Å². The molecule has 1 aliphatic rings. The average molecular weight is 350 g/mol. The number of pyridine rings is 2. The number of aromatic nitrogens is 2. The van der Waals surface area contributed by atoms with Gasteiger partial charge < -0.3 is 9.47 Å². The Hall–Kier alpha value is -2.82. The maximum atomic E-state index is 13.3. The smallest absolute Gasteiger partial charge is 0.263 e. The van der Waals surface area contributed by atoms with Crippen LogP contribution in [0.1, 0.15) is 31.7 Å². The van der Waals surface area contributed by atoms with Crippen molar-refractivity contribution in [2.45, 2.75) is 38.7 Å². The Morgan fingerprint density at radius 3 is 3.00 bits per heavy atom. The Morgan fingerprint density at radius 2 is 2.19 bits per heavy atom. The van der Waals surface area contributed by atoms with E-state index in [9.17, 15) is 4.79 Å². The highest BCUT2D eigenvalue weighted by Gasteiger charge is 2.29. The summed E-state index contributed by atoms with van der Waals surface area (Å²) in [5, 5.41) is 0.879. The molecule has 0 saturated carbocycles. The van der Waals surface area contributed by atoms with Crippen LogP contribution in [0.5, 0.6) is 11.5 Å². The molecule has 3 heterocycles. The third kappa shape index (κ3) is 2.73. The maximum absolute atomic E-state index is 13.3. The van der Waals surface area contributed by atoms with Crippen molar-refractivity contribution < 1.29 is 9.47 Å². The second kappa shape index (κ2) is 6.83. The van der Waals surface area contributed by atoms with E-state index in [0.29, 0.717) is 23.6 Å². The van der Waals surface area contributed by atoms with Gasteiger partial charge in [0.1, 0.15) is 17.6 Å². The van der Waals surface area contributed by atoms with E-state index < -0.39 is 0 Å². The lowest BCUT2D eigenvalue weighted by atomic mass is 10.1. The Kier molecular flexibility index (Phi) is 4.37. The zero-order valence-electron chi connectivity index (χ0n) is 15.1. The van der Waals surface area contributed by atoms with E-state index >= 15 is 0 Å². The van der Waals surface area contributed by atoms with Crippen molar-refractivity contribution in [3.05, 3.63) is 58.5 Å². The maximum Gasteiger partial charge on any atom is 0.263 e. The Bertz CT molecular complexity index is 1010. The molecule has 0 N–H and O–H groups in total. The number of hydrogen-bond acceptors (Lipinski definition) is 4. The van der Waals surface area contributed by atoms with Crippen LogP contribution >= 0.6 is 0 Å². The van der Waals surface area contributed by atoms with Gasteiger partial charge in [-0.2, -0.15) is 0 Å². The average Bonchev–Trinajstić information content (AvgIpc) is 3.11. The van der Waals surface area contributed by atoms with E-state index in [1.165, 1.54) is 0 Å². The van der Waals surface area contributed by atoms with Gasteiger partial charge in [0, 0.05) is 18.7 Å². The Morgan fingerprint density at radius 1 is 1.31 bits per heavy atom. The molecule has 3 aromatic rings. The van der Waals surface area contributed by atoms with Gasteiger partial charge in [0.25, 0.3) is 5.56 Å². The summed E-state index contributed by atoms with van der Waals surface area (Å²) in [7, 11) is 1.62. The van der Waals surface area contributed by atoms with Crippen molar-refractivity contribution in [3.63, 3.8) is 0 Å². The third-order valence-corrected chi connectivity index (χ3v) is 4.89. The van der Waals surface area contributed by atoms with Gasteiger partial charge in [-0.25, -0.2) is 4.98 Å². The molecule has 1 aliphatic heterocycles. The minimum absolute atomic E-state index is 0.0570. The van der Waals surface area contributed by atoms with E-state index in [1.54, 1.807) is 17.9 Å². The van der Waals surface area contributed by atoms with Gasteiger partial charge in [0.2, 0.25) is 0 Å². The summed E-state index contributed by atoms with van der Waals surface area (Å²) in [6.45, 7) is 2.16. The molecule has 0 fully saturated rings. The van der Waals surface area contributed by atoms with E-state index in [-0.39, 0.29) is 11.7 Å². The number of fused-ring (bicyclic) bond motifs is 3. The molecular formula is C21H22N2O3. The molecule has 1 unspecified atom stereocenters. The zero-order valence-corrected chi connectivity index (χ0v) is 15.1. The van der Waals surface area contributed by atoms with E-state index in [1.807, 2.05) is 36.4 Å².